The first-order valence-electron chi connectivity index (χ1n) is 5.77. The molecular formula is C12H16N4OS. The zero-order chi connectivity index (χ0) is 13.1. The van der Waals surface area contributed by atoms with Crippen molar-refractivity contribution >= 4 is 17.1 Å². The highest BCUT2D eigenvalue weighted by molar-refractivity contribution is 7.09. The van der Waals surface area contributed by atoms with Gasteiger partial charge in [0.05, 0.1) is 17.1 Å². The minimum Gasteiger partial charge on any atom is -0.330 e. The van der Waals surface area contributed by atoms with E-state index in [1.807, 2.05) is 20.0 Å². The lowest BCUT2D eigenvalue weighted by atomic mass is 10.2. The highest BCUT2D eigenvalue weighted by Crippen LogP contribution is 2.13. The van der Waals surface area contributed by atoms with Gasteiger partial charge in [-0.15, -0.1) is 11.3 Å². The van der Waals surface area contributed by atoms with Crippen molar-refractivity contribution < 1.29 is 4.79 Å². The molecule has 6 heteroatoms. The lowest BCUT2D eigenvalue weighted by Crippen LogP contribution is -2.09. The number of thiazole rings is 1. The zero-order valence-electron chi connectivity index (χ0n) is 10.5. The monoisotopic (exact) mass is 264 g/mol. The van der Waals surface area contributed by atoms with Crippen molar-refractivity contribution in [3.8, 4) is 0 Å². The van der Waals surface area contributed by atoms with Gasteiger partial charge < -0.3 is 5.73 Å². The molecule has 2 aromatic rings. The molecule has 0 unspecified atom stereocenters. The normalized spacial score (nSPS) is 10.8. The average molecular weight is 264 g/mol. The highest BCUT2D eigenvalue weighted by atomic mass is 32.1. The van der Waals surface area contributed by atoms with Crippen LogP contribution in [0.1, 0.15) is 26.9 Å². The third-order valence-electron chi connectivity index (χ3n) is 2.64. The minimum absolute atomic E-state index is 0.0255. The summed E-state index contributed by atoms with van der Waals surface area (Å²) in [6, 6.07) is 1.92. The number of nitrogens with two attached hydrogens (primary N) is 1. The van der Waals surface area contributed by atoms with Crippen LogP contribution in [0.25, 0.3) is 0 Å². The van der Waals surface area contributed by atoms with Gasteiger partial charge in [-0.25, -0.2) is 4.98 Å². The maximum Gasteiger partial charge on any atom is 0.187 e. The molecule has 0 spiro atoms. The van der Waals surface area contributed by atoms with Gasteiger partial charge in [-0.1, -0.05) is 0 Å². The standard InChI is InChI=1S/C12H16N4OS/c1-8-5-9(16(2)15-8)6-11(17)10-7-18-12(14-10)3-4-13/h5,7H,3-4,6,13H2,1-2H3. The van der Waals surface area contributed by atoms with Crippen LogP contribution < -0.4 is 5.73 Å². The molecule has 2 N–H and O–H groups in total. The average Bonchev–Trinajstić information content (AvgIpc) is 2.87. The van der Waals surface area contributed by atoms with E-state index >= 15 is 0 Å². The van der Waals surface area contributed by atoms with E-state index in [1.54, 1.807) is 10.1 Å². The van der Waals surface area contributed by atoms with Crippen molar-refractivity contribution in [1.82, 2.24) is 14.8 Å². The third-order valence-corrected chi connectivity index (χ3v) is 3.54. The first-order valence-corrected chi connectivity index (χ1v) is 6.65. The zero-order valence-corrected chi connectivity index (χ0v) is 11.3. The molecule has 0 aliphatic carbocycles. The van der Waals surface area contributed by atoms with E-state index in [-0.39, 0.29) is 5.78 Å². The Bertz CT molecular complexity index is 558. The number of aryl methyl sites for hydroxylation is 2. The summed E-state index contributed by atoms with van der Waals surface area (Å²) < 4.78 is 1.74. The van der Waals surface area contributed by atoms with Crippen LogP contribution in [0.3, 0.4) is 0 Å². The van der Waals surface area contributed by atoms with Gasteiger partial charge in [0.1, 0.15) is 5.69 Å². The first-order chi connectivity index (χ1) is 8.60. The maximum absolute atomic E-state index is 12.1. The van der Waals surface area contributed by atoms with Crippen LogP contribution in [0.15, 0.2) is 11.4 Å². The maximum atomic E-state index is 12.1. The Kier molecular flexibility index (Phi) is 3.88. The molecule has 0 aliphatic heterocycles. The Balaban J connectivity index is 2.09. The Morgan fingerprint density at radius 1 is 1.56 bits per heavy atom. The van der Waals surface area contributed by atoms with E-state index in [9.17, 15) is 4.79 Å². The van der Waals surface area contributed by atoms with Crippen LogP contribution >= 0.6 is 11.3 Å². The van der Waals surface area contributed by atoms with E-state index < -0.39 is 0 Å². The van der Waals surface area contributed by atoms with Gasteiger partial charge in [0.15, 0.2) is 5.78 Å². The Labute approximate surface area is 110 Å². The van der Waals surface area contributed by atoms with Gasteiger partial charge in [0.2, 0.25) is 0 Å². The SMILES string of the molecule is Cc1cc(CC(=O)c2csc(CCN)n2)n(C)n1. The number of rotatable bonds is 5. The van der Waals surface area contributed by atoms with Crippen molar-refractivity contribution in [1.29, 1.82) is 0 Å². The van der Waals surface area contributed by atoms with Gasteiger partial charge in [-0.2, -0.15) is 5.10 Å². The fourth-order valence-corrected chi connectivity index (χ4v) is 2.58. The van der Waals surface area contributed by atoms with E-state index in [4.69, 9.17) is 5.73 Å². The molecule has 2 rings (SSSR count). The summed E-state index contributed by atoms with van der Waals surface area (Å²) in [5.74, 6) is 0.0255. The second kappa shape index (κ2) is 5.41. The molecule has 0 bridgehead atoms. The molecule has 0 saturated carbocycles. The summed E-state index contributed by atoms with van der Waals surface area (Å²) in [6.45, 7) is 2.47. The number of Topliss-reactive ketones (excluding diaryl/α,β-unsaturated/α-hetero) is 1. The molecule has 2 heterocycles. The summed E-state index contributed by atoms with van der Waals surface area (Å²) in [7, 11) is 1.84. The van der Waals surface area contributed by atoms with Gasteiger partial charge in [0, 0.05) is 24.5 Å². The van der Waals surface area contributed by atoms with E-state index in [2.05, 4.69) is 10.1 Å². The number of aromatic nitrogens is 3. The third kappa shape index (κ3) is 2.83. The minimum atomic E-state index is 0.0255. The molecule has 5 nitrogen and oxygen atoms in total. The van der Waals surface area contributed by atoms with Crippen molar-refractivity contribution in [2.75, 3.05) is 6.54 Å². The Morgan fingerprint density at radius 3 is 2.94 bits per heavy atom. The van der Waals surface area contributed by atoms with Crippen LogP contribution in [-0.2, 0) is 19.9 Å². The largest absolute Gasteiger partial charge is 0.330 e. The number of ketones is 1. The molecule has 18 heavy (non-hydrogen) atoms. The molecule has 0 atom stereocenters. The Morgan fingerprint density at radius 2 is 2.33 bits per heavy atom. The number of hydrogen-bond donors (Lipinski definition) is 1. The summed E-state index contributed by atoms with van der Waals surface area (Å²) >= 11 is 1.49. The predicted molar refractivity (Wildman–Crippen MR) is 70.9 cm³/mol. The van der Waals surface area contributed by atoms with Crippen LogP contribution in [0.2, 0.25) is 0 Å². The number of hydrogen-bond acceptors (Lipinski definition) is 5. The van der Waals surface area contributed by atoms with E-state index in [0.29, 0.717) is 18.7 Å². The van der Waals surface area contributed by atoms with Crippen LogP contribution in [0.5, 0.6) is 0 Å². The molecule has 0 amide bonds. The first kappa shape index (κ1) is 12.9. The predicted octanol–water partition coefficient (Wildman–Crippen LogP) is 1.11. The molecule has 0 fully saturated rings. The molecule has 0 aliphatic rings. The molecular weight excluding hydrogens is 248 g/mol. The fraction of sp³-hybridized carbons (Fsp3) is 0.417. The number of carbonyl (C=O) groups excluding carboxylic acids is 1. The van der Waals surface area contributed by atoms with Crippen molar-refractivity contribution in [2.24, 2.45) is 12.8 Å². The summed E-state index contributed by atoms with van der Waals surface area (Å²) in [5, 5.41) is 6.94. The molecule has 0 aromatic carbocycles. The van der Waals surface area contributed by atoms with Crippen LogP contribution in [-0.4, -0.2) is 27.1 Å². The molecule has 96 valence electrons. The second-order valence-electron chi connectivity index (χ2n) is 4.17. The lowest BCUT2D eigenvalue weighted by Gasteiger charge is -1.98. The summed E-state index contributed by atoms with van der Waals surface area (Å²) in [4.78, 5) is 16.4. The number of nitrogens with zero attached hydrogens (tertiary/aromatic N) is 3. The molecule has 0 radical (unpaired) electrons. The lowest BCUT2D eigenvalue weighted by molar-refractivity contribution is 0.0986. The van der Waals surface area contributed by atoms with E-state index in [1.165, 1.54) is 11.3 Å². The summed E-state index contributed by atoms with van der Waals surface area (Å²) in [5.41, 5.74) is 7.82. The smallest absolute Gasteiger partial charge is 0.187 e. The summed E-state index contributed by atoms with van der Waals surface area (Å²) in [6.07, 6.45) is 1.06. The van der Waals surface area contributed by atoms with Gasteiger partial charge in [0.25, 0.3) is 0 Å². The van der Waals surface area contributed by atoms with Crippen LogP contribution in [0.4, 0.5) is 0 Å². The number of carbonyl (C=O) groups is 1. The quantitative estimate of drug-likeness (QED) is 0.821. The molecule has 2 aromatic heterocycles. The molecule has 0 saturated heterocycles. The second-order valence-corrected chi connectivity index (χ2v) is 5.11. The topological polar surface area (TPSA) is 73.8 Å². The van der Waals surface area contributed by atoms with Crippen molar-refractivity contribution in [2.45, 2.75) is 19.8 Å². The van der Waals surface area contributed by atoms with E-state index in [0.717, 1.165) is 22.8 Å². The van der Waals surface area contributed by atoms with Crippen molar-refractivity contribution in [3.63, 3.8) is 0 Å². The Hall–Kier alpha value is -1.53. The highest BCUT2D eigenvalue weighted by Gasteiger charge is 2.13. The van der Waals surface area contributed by atoms with Gasteiger partial charge in [-0.3, -0.25) is 9.48 Å². The fourth-order valence-electron chi connectivity index (χ4n) is 1.76. The van der Waals surface area contributed by atoms with Gasteiger partial charge >= 0.3 is 0 Å². The van der Waals surface area contributed by atoms with Crippen LogP contribution in [0, 0.1) is 6.92 Å². The van der Waals surface area contributed by atoms with Crippen molar-refractivity contribution in [3.05, 3.63) is 33.5 Å². The van der Waals surface area contributed by atoms with Gasteiger partial charge in [-0.05, 0) is 19.5 Å².